The number of rotatable bonds is 4. The molecule has 0 radical (unpaired) electrons. The van der Waals surface area contributed by atoms with E-state index in [-0.39, 0.29) is 23.5 Å². The summed E-state index contributed by atoms with van der Waals surface area (Å²) >= 11 is 0. The molecule has 5 rings (SSSR count). The van der Waals surface area contributed by atoms with Gasteiger partial charge in [-0.3, -0.25) is 9.35 Å². The molecule has 1 spiro atoms. The maximum absolute atomic E-state index is 13.3. The van der Waals surface area contributed by atoms with Gasteiger partial charge in [-0.25, -0.2) is 0 Å². The van der Waals surface area contributed by atoms with Crippen molar-refractivity contribution in [3.63, 3.8) is 0 Å². The van der Waals surface area contributed by atoms with Crippen LogP contribution in [0.3, 0.4) is 0 Å². The Morgan fingerprint density at radius 3 is 2.29 bits per heavy atom. The minimum Gasteiger partial charge on any atom is -0.458 e. The SMILES string of the molecule is CC1OC12C1CC3CC2CC(C(=O)OCC(F)(F)S(=O)(=O)O)(C3)C1. The summed E-state index contributed by atoms with van der Waals surface area (Å²) in [6.45, 7) is 0.379. The van der Waals surface area contributed by atoms with Crippen molar-refractivity contribution in [1.82, 2.24) is 0 Å². The highest BCUT2D eigenvalue weighted by Crippen LogP contribution is 2.70. The minimum atomic E-state index is -5.60. The molecule has 9 heteroatoms. The smallest absolute Gasteiger partial charge is 0.402 e. The molecule has 1 aliphatic heterocycles. The van der Waals surface area contributed by atoms with Crippen LogP contribution in [-0.4, -0.2) is 42.5 Å². The molecule has 0 amide bonds. The van der Waals surface area contributed by atoms with Crippen LogP contribution in [0.5, 0.6) is 0 Å². The molecule has 0 aromatic carbocycles. The number of halogens is 2. The number of carbonyl (C=O) groups is 1. The van der Waals surface area contributed by atoms with Crippen LogP contribution in [0.25, 0.3) is 0 Å². The highest BCUT2D eigenvalue weighted by atomic mass is 32.2. The van der Waals surface area contributed by atoms with Gasteiger partial charge in [-0.1, -0.05) is 0 Å². The van der Waals surface area contributed by atoms with Crippen LogP contribution in [0.2, 0.25) is 0 Å². The van der Waals surface area contributed by atoms with Gasteiger partial charge in [0.25, 0.3) is 0 Å². The lowest BCUT2D eigenvalue weighted by Crippen LogP contribution is -2.59. The Labute approximate surface area is 138 Å². The maximum Gasteiger partial charge on any atom is 0.402 e. The van der Waals surface area contributed by atoms with Crippen molar-refractivity contribution in [2.45, 2.75) is 56.0 Å². The van der Waals surface area contributed by atoms with Gasteiger partial charge in [0.2, 0.25) is 0 Å². The first-order valence-corrected chi connectivity index (χ1v) is 9.64. The van der Waals surface area contributed by atoms with E-state index < -0.39 is 33.4 Å². The minimum absolute atomic E-state index is 0.154. The lowest BCUT2D eigenvalue weighted by atomic mass is 9.45. The Bertz CT molecular complexity index is 674. The Morgan fingerprint density at radius 2 is 1.83 bits per heavy atom. The Hall–Kier alpha value is -0.800. The molecule has 5 aliphatic rings. The van der Waals surface area contributed by atoms with Gasteiger partial charge in [0.1, 0.15) is 5.60 Å². The first kappa shape index (κ1) is 16.7. The van der Waals surface area contributed by atoms with E-state index in [0.717, 1.165) is 12.8 Å². The normalized spacial score (nSPS) is 46.3. The molecule has 24 heavy (non-hydrogen) atoms. The number of hydrogen-bond acceptors (Lipinski definition) is 5. The van der Waals surface area contributed by atoms with Gasteiger partial charge < -0.3 is 9.47 Å². The molecule has 4 saturated carbocycles. The number of epoxide rings is 1. The molecular weight excluding hydrogens is 346 g/mol. The topological polar surface area (TPSA) is 93.2 Å². The predicted molar refractivity (Wildman–Crippen MR) is 76.7 cm³/mol. The summed E-state index contributed by atoms with van der Waals surface area (Å²) in [5.41, 5.74) is -0.970. The molecule has 3 unspecified atom stereocenters. The number of ether oxygens (including phenoxy) is 2. The second kappa shape index (κ2) is 4.67. The third-order valence-electron chi connectivity index (χ3n) is 6.61. The van der Waals surface area contributed by atoms with Gasteiger partial charge in [0.05, 0.1) is 11.5 Å². The molecule has 1 N–H and O–H groups in total. The van der Waals surface area contributed by atoms with E-state index in [9.17, 15) is 22.0 Å². The highest BCUT2D eigenvalue weighted by Gasteiger charge is 2.73. The lowest BCUT2D eigenvalue weighted by molar-refractivity contribution is -0.184. The summed E-state index contributed by atoms with van der Waals surface area (Å²) in [5, 5.41) is -4.49. The van der Waals surface area contributed by atoms with E-state index in [2.05, 4.69) is 4.74 Å². The van der Waals surface area contributed by atoms with Gasteiger partial charge in [-0.15, -0.1) is 0 Å². The molecule has 0 aromatic heterocycles. The Balaban J connectivity index is 1.50. The molecule has 0 aromatic rings. The van der Waals surface area contributed by atoms with Crippen LogP contribution < -0.4 is 0 Å². The quantitative estimate of drug-likeness (QED) is 0.465. The third-order valence-corrected chi connectivity index (χ3v) is 7.48. The number of carbonyl (C=O) groups excluding carboxylic acids is 1. The monoisotopic (exact) mass is 366 g/mol. The number of esters is 1. The fourth-order valence-electron chi connectivity index (χ4n) is 5.76. The zero-order valence-corrected chi connectivity index (χ0v) is 14.0. The average Bonchev–Trinajstić information content (AvgIpc) is 3.13. The van der Waals surface area contributed by atoms with E-state index in [1.165, 1.54) is 0 Å². The first-order chi connectivity index (χ1) is 11.0. The zero-order valence-electron chi connectivity index (χ0n) is 13.2. The second-order valence-electron chi connectivity index (χ2n) is 7.93. The molecule has 1 saturated heterocycles. The van der Waals surface area contributed by atoms with Crippen molar-refractivity contribution in [3.8, 4) is 0 Å². The van der Waals surface area contributed by atoms with E-state index in [1.54, 1.807) is 0 Å². The molecule has 136 valence electrons. The Morgan fingerprint density at radius 1 is 1.29 bits per heavy atom. The lowest BCUT2D eigenvalue weighted by Gasteiger charge is -2.58. The van der Waals surface area contributed by atoms with Crippen molar-refractivity contribution in [3.05, 3.63) is 0 Å². The zero-order chi connectivity index (χ0) is 17.5. The van der Waals surface area contributed by atoms with Gasteiger partial charge in [0.15, 0.2) is 6.61 Å². The van der Waals surface area contributed by atoms with Crippen molar-refractivity contribution in [2.24, 2.45) is 23.2 Å². The fraction of sp³-hybridized carbons (Fsp3) is 0.933. The summed E-state index contributed by atoms with van der Waals surface area (Å²) in [4.78, 5) is 12.5. The first-order valence-electron chi connectivity index (χ1n) is 8.20. The molecule has 3 atom stereocenters. The standard InChI is InChI=1S/C15H20F2O6S/c1-8-15(23-8)10-2-9-3-11(15)6-13(4-9,5-10)12(18)22-7-14(16,17)24(19,20)21/h8-11H,2-7H2,1H3,(H,19,20,21). The largest absolute Gasteiger partial charge is 0.458 e. The summed E-state index contributed by atoms with van der Waals surface area (Å²) in [7, 11) is -5.60. The summed E-state index contributed by atoms with van der Waals surface area (Å²) in [6.07, 6.45) is 3.82. The number of hydrogen-bond donors (Lipinski definition) is 1. The van der Waals surface area contributed by atoms with Gasteiger partial charge in [0, 0.05) is 0 Å². The van der Waals surface area contributed by atoms with E-state index in [1.807, 2.05) is 6.92 Å². The summed E-state index contributed by atoms with van der Waals surface area (Å²) in [6, 6.07) is 0. The number of alkyl halides is 2. The van der Waals surface area contributed by atoms with Crippen LogP contribution in [0.4, 0.5) is 8.78 Å². The Kier molecular flexibility index (Phi) is 3.24. The molecule has 1 heterocycles. The maximum atomic E-state index is 13.3. The van der Waals surface area contributed by atoms with Gasteiger partial charge in [-0.2, -0.15) is 17.2 Å². The molecule has 4 aliphatic carbocycles. The molecule has 6 nitrogen and oxygen atoms in total. The van der Waals surface area contributed by atoms with Gasteiger partial charge >= 0.3 is 21.3 Å². The highest BCUT2D eigenvalue weighted by molar-refractivity contribution is 7.86. The van der Waals surface area contributed by atoms with Crippen LogP contribution in [0.1, 0.15) is 39.0 Å². The molecular formula is C15H20F2O6S. The summed E-state index contributed by atoms with van der Waals surface area (Å²) < 4.78 is 67.0. The molecule has 4 bridgehead atoms. The van der Waals surface area contributed by atoms with E-state index in [4.69, 9.17) is 9.29 Å². The van der Waals surface area contributed by atoms with E-state index >= 15 is 0 Å². The fourth-order valence-corrected chi connectivity index (χ4v) is 5.96. The third kappa shape index (κ3) is 2.10. The van der Waals surface area contributed by atoms with Crippen molar-refractivity contribution >= 4 is 16.1 Å². The predicted octanol–water partition coefficient (Wildman–Crippen LogP) is 1.99. The summed E-state index contributed by atoms with van der Waals surface area (Å²) in [5.74, 6) is 0.0503. The van der Waals surface area contributed by atoms with Crippen LogP contribution in [0.15, 0.2) is 0 Å². The van der Waals surface area contributed by atoms with Crippen molar-refractivity contribution in [1.29, 1.82) is 0 Å². The molecule has 5 fully saturated rings. The van der Waals surface area contributed by atoms with Crippen molar-refractivity contribution < 1.29 is 36.0 Å². The average molecular weight is 366 g/mol. The van der Waals surface area contributed by atoms with Crippen LogP contribution >= 0.6 is 0 Å². The van der Waals surface area contributed by atoms with Crippen molar-refractivity contribution in [2.75, 3.05) is 6.61 Å². The van der Waals surface area contributed by atoms with E-state index in [0.29, 0.717) is 25.2 Å². The van der Waals surface area contributed by atoms with Gasteiger partial charge in [-0.05, 0) is 56.8 Å². The second-order valence-corrected chi connectivity index (χ2v) is 9.47. The van der Waals surface area contributed by atoms with Crippen LogP contribution in [0, 0.1) is 23.2 Å². The van der Waals surface area contributed by atoms with Crippen LogP contribution in [-0.2, 0) is 24.4 Å².